The van der Waals surface area contributed by atoms with Crippen molar-refractivity contribution in [3.63, 3.8) is 0 Å². The normalized spacial score (nSPS) is 19.3. The standard InChI is InChI=1S/C12H18N4O/c1-15(9-10-6-4-3-5-7-10)12(17)11-8-13-14-16(11)2/h3-4,8,10H,5-7,9H2,1-2H3. The summed E-state index contributed by atoms with van der Waals surface area (Å²) >= 11 is 0. The summed E-state index contributed by atoms with van der Waals surface area (Å²) < 4.78 is 1.51. The molecule has 1 aliphatic rings. The van der Waals surface area contributed by atoms with Crippen LogP contribution in [0.1, 0.15) is 29.8 Å². The Morgan fingerprint density at radius 3 is 3.00 bits per heavy atom. The van der Waals surface area contributed by atoms with Crippen molar-refractivity contribution in [3.8, 4) is 0 Å². The van der Waals surface area contributed by atoms with Gasteiger partial charge >= 0.3 is 0 Å². The van der Waals surface area contributed by atoms with Crippen LogP contribution < -0.4 is 0 Å². The fourth-order valence-electron chi connectivity index (χ4n) is 2.17. The number of rotatable bonds is 3. The molecule has 1 amide bonds. The summed E-state index contributed by atoms with van der Waals surface area (Å²) in [5.41, 5.74) is 0.541. The second kappa shape index (κ2) is 5.12. The van der Waals surface area contributed by atoms with E-state index in [1.54, 1.807) is 11.9 Å². The van der Waals surface area contributed by atoms with Crippen molar-refractivity contribution < 1.29 is 4.79 Å². The lowest BCUT2D eigenvalue weighted by Crippen LogP contribution is -2.33. The zero-order chi connectivity index (χ0) is 12.3. The van der Waals surface area contributed by atoms with Crippen molar-refractivity contribution in [2.45, 2.75) is 19.3 Å². The number of allylic oxidation sites excluding steroid dienone is 2. The highest BCUT2D eigenvalue weighted by atomic mass is 16.2. The fraction of sp³-hybridized carbons (Fsp3) is 0.583. The van der Waals surface area contributed by atoms with Gasteiger partial charge in [-0.3, -0.25) is 4.79 Å². The van der Waals surface area contributed by atoms with Gasteiger partial charge in [-0.15, -0.1) is 5.10 Å². The summed E-state index contributed by atoms with van der Waals surface area (Å²) in [7, 11) is 3.57. The van der Waals surface area contributed by atoms with E-state index < -0.39 is 0 Å². The van der Waals surface area contributed by atoms with E-state index in [-0.39, 0.29) is 5.91 Å². The molecule has 2 rings (SSSR count). The molecule has 1 atom stereocenters. The van der Waals surface area contributed by atoms with E-state index in [1.165, 1.54) is 10.9 Å². The van der Waals surface area contributed by atoms with Crippen LogP contribution in [0.25, 0.3) is 0 Å². The highest BCUT2D eigenvalue weighted by Gasteiger charge is 2.19. The monoisotopic (exact) mass is 234 g/mol. The Hall–Kier alpha value is -1.65. The SMILES string of the molecule is CN(CC1CC=CCC1)C(=O)c1cnnn1C. The number of aromatic nitrogens is 3. The van der Waals surface area contributed by atoms with E-state index in [2.05, 4.69) is 22.5 Å². The Balaban J connectivity index is 1.96. The molecule has 0 aromatic carbocycles. The van der Waals surface area contributed by atoms with E-state index in [0.717, 1.165) is 25.8 Å². The molecular weight excluding hydrogens is 216 g/mol. The minimum absolute atomic E-state index is 0.00736. The van der Waals surface area contributed by atoms with Crippen LogP contribution in [0.2, 0.25) is 0 Å². The molecule has 0 N–H and O–H groups in total. The molecule has 0 aliphatic heterocycles. The Bertz CT molecular complexity index is 424. The van der Waals surface area contributed by atoms with Crippen molar-refractivity contribution in [2.24, 2.45) is 13.0 Å². The van der Waals surface area contributed by atoms with Gasteiger partial charge in [0.25, 0.3) is 5.91 Å². The van der Waals surface area contributed by atoms with Crippen LogP contribution in [0.5, 0.6) is 0 Å². The first-order chi connectivity index (χ1) is 8.18. The van der Waals surface area contributed by atoms with E-state index in [4.69, 9.17) is 0 Å². The Kier molecular flexibility index (Phi) is 3.56. The molecule has 1 unspecified atom stereocenters. The summed E-state index contributed by atoms with van der Waals surface area (Å²) in [6.07, 6.45) is 9.29. The van der Waals surface area contributed by atoms with Gasteiger partial charge in [0.2, 0.25) is 0 Å². The maximum Gasteiger partial charge on any atom is 0.273 e. The zero-order valence-electron chi connectivity index (χ0n) is 10.3. The number of hydrogen-bond donors (Lipinski definition) is 0. The number of carbonyl (C=O) groups is 1. The second-order valence-electron chi connectivity index (χ2n) is 4.58. The fourth-order valence-corrected chi connectivity index (χ4v) is 2.17. The summed E-state index contributed by atoms with van der Waals surface area (Å²) in [6.45, 7) is 0.800. The minimum Gasteiger partial charge on any atom is -0.340 e. The summed E-state index contributed by atoms with van der Waals surface area (Å²) in [6, 6.07) is 0. The average molecular weight is 234 g/mol. The van der Waals surface area contributed by atoms with Gasteiger partial charge in [0.15, 0.2) is 0 Å². The molecular formula is C12H18N4O. The molecule has 92 valence electrons. The van der Waals surface area contributed by atoms with E-state index in [9.17, 15) is 4.79 Å². The summed E-state index contributed by atoms with van der Waals surface area (Å²) in [5.74, 6) is 0.571. The Labute approximate surface area is 101 Å². The lowest BCUT2D eigenvalue weighted by atomic mass is 9.94. The van der Waals surface area contributed by atoms with Crippen LogP contribution in [0.3, 0.4) is 0 Å². The molecule has 0 saturated carbocycles. The van der Waals surface area contributed by atoms with Gasteiger partial charge in [-0.1, -0.05) is 17.4 Å². The van der Waals surface area contributed by atoms with Crippen molar-refractivity contribution in [1.82, 2.24) is 19.9 Å². The van der Waals surface area contributed by atoms with E-state index >= 15 is 0 Å². The molecule has 17 heavy (non-hydrogen) atoms. The van der Waals surface area contributed by atoms with Crippen LogP contribution in [-0.4, -0.2) is 39.4 Å². The average Bonchev–Trinajstić information content (AvgIpc) is 2.76. The Morgan fingerprint density at radius 1 is 1.59 bits per heavy atom. The molecule has 1 aromatic heterocycles. The molecule has 5 nitrogen and oxygen atoms in total. The summed E-state index contributed by atoms with van der Waals surface area (Å²) in [5, 5.41) is 7.50. The van der Waals surface area contributed by atoms with Gasteiger partial charge in [0.05, 0.1) is 6.20 Å². The van der Waals surface area contributed by atoms with Crippen molar-refractivity contribution >= 4 is 5.91 Å². The molecule has 5 heteroatoms. The number of carbonyl (C=O) groups excluding carboxylic acids is 1. The third-order valence-corrected chi connectivity index (χ3v) is 3.19. The summed E-state index contributed by atoms with van der Waals surface area (Å²) in [4.78, 5) is 13.9. The molecule has 0 radical (unpaired) electrons. The first-order valence-corrected chi connectivity index (χ1v) is 5.93. The predicted molar refractivity (Wildman–Crippen MR) is 64.4 cm³/mol. The quantitative estimate of drug-likeness (QED) is 0.739. The molecule has 1 aliphatic carbocycles. The van der Waals surface area contributed by atoms with Gasteiger partial charge in [-0.2, -0.15) is 0 Å². The van der Waals surface area contributed by atoms with E-state index in [1.807, 2.05) is 7.05 Å². The van der Waals surface area contributed by atoms with Gasteiger partial charge < -0.3 is 4.90 Å². The number of nitrogens with zero attached hydrogens (tertiary/aromatic N) is 4. The van der Waals surface area contributed by atoms with Gasteiger partial charge in [-0.05, 0) is 25.2 Å². The second-order valence-corrected chi connectivity index (χ2v) is 4.58. The highest BCUT2D eigenvalue weighted by molar-refractivity contribution is 5.91. The Morgan fingerprint density at radius 2 is 2.41 bits per heavy atom. The predicted octanol–water partition coefficient (Wildman–Crippen LogP) is 1.24. The maximum atomic E-state index is 12.1. The van der Waals surface area contributed by atoms with Crippen LogP contribution >= 0.6 is 0 Å². The number of aryl methyl sites for hydroxylation is 1. The van der Waals surface area contributed by atoms with Crippen molar-refractivity contribution in [2.75, 3.05) is 13.6 Å². The van der Waals surface area contributed by atoms with Crippen molar-refractivity contribution in [1.29, 1.82) is 0 Å². The van der Waals surface area contributed by atoms with Gasteiger partial charge in [-0.25, -0.2) is 4.68 Å². The van der Waals surface area contributed by atoms with Gasteiger partial charge in [0, 0.05) is 20.6 Å². The molecule has 0 saturated heterocycles. The van der Waals surface area contributed by atoms with Crippen LogP contribution in [-0.2, 0) is 7.05 Å². The minimum atomic E-state index is -0.00736. The topological polar surface area (TPSA) is 51.0 Å². The molecule has 0 fully saturated rings. The molecule has 1 aromatic rings. The smallest absolute Gasteiger partial charge is 0.273 e. The first-order valence-electron chi connectivity index (χ1n) is 5.93. The van der Waals surface area contributed by atoms with Crippen molar-refractivity contribution in [3.05, 3.63) is 24.0 Å². The molecule has 1 heterocycles. The lowest BCUT2D eigenvalue weighted by molar-refractivity contribution is 0.0758. The van der Waals surface area contributed by atoms with Crippen LogP contribution in [0.4, 0.5) is 0 Å². The van der Waals surface area contributed by atoms with Crippen LogP contribution in [0, 0.1) is 5.92 Å². The zero-order valence-corrected chi connectivity index (χ0v) is 10.3. The lowest BCUT2D eigenvalue weighted by Gasteiger charge is -2.24. The molecule has 0 spiro atoms. The first kappa shape index (κ1) is 11.8. The largest absolute Gasteiger partial charge is 0.340 e. The number of amides is 1. The van der Waals surface area contributed by atoms with Crippen LogP contribution in [0.15, 0.2) is 18.3 Å². The van der Waals surface area contributed by atoms with E-state index in [0.29, 0.717) is 11.6 Å². The maximum absolute atomic E-state index is 12.1. The number of hydrogen-bond acceptors (Lipinski definition) is 3. The third-order valence-electron chi connectivity index (χ3n) is 3.19. The third kappa shape index (κ3) is 2.72. The van der Waals surface area contributed by atoms with Gasteiger partial charge in [0.1, 0.15) is 5.69 Å². The molecule has 0 bridgehead atoms. The highest BCUT2D eigenvalue weighted by Crippen LogP contribution is 2.19.